The smallest absolute Gasteiger partial charge is 0.226 e. The highest BCUT2D eigenvalue weighted by Crippen LogP contribution is 2.24. The van der Waals surface area contributed by atoms with Crippen molar-refractivity contribution in [1.29, 1.82) is 0 Å². The highest BCUT2D eigenvalue weighted by molar-refractivity contribution is 5.30. The van der Waals surface area contributed by atoms with E-state index < -0.39 is 0 Å². The lowest BCUT2D eigenvalue weighted by atomic mass is 10.1. The predicted molar refractivity (Wildman–Crippen MR) is 63.8 cm³/mol. The summed E-state index contributed by atoms with van der Waals surface area (Å²) in [5.74, 6) is 2.10. The van der Waals surface area contributed by atoms with Gasteiger partial charge in [-0.15, -0.1) is 0 Å². The summed E-state index contributed by atoms with van der Waals surface area (Å²) in [7, 11) is 1.63. The molecule has 0 aliphatic heterocycles. The Balaban J connectivity index is 1.94. The Morgan fingerprint density at radius 2 is 2.12 bits per heavy atom. The maximum atomic E-state index is 5.12. The van der Waals surface area contributed by atoms with Crippen LogP contribution in [0.4, 0.5) is 5.95 Å². The first kappa shape index (κ1) is 11.2. The van der Waals surface area contributed by atoms with E-state index in [1.807, 2.05) is 13.0 Å². The molecular formula is C12H19N3O. The van der Waals surface area contributed by atoms with E-state index in [9.17, 15) is 0 Å². The van der Waals surface area contributed by atoms with Crippen LogP contribution in [0.2, 0.25) is 0 Å². The molecule has 2 rings (SSSR count). The van der Waals surface area contributed by atoms with Crippen molar-refractivity contribution in [3.63, 3.8) is 0 Å². The largest absolute Gasteiger partial charge is 0.481 e. The van der Waals surface area contributed by atoms with Gasteiger partial charge in [0.2, 0.25) is 11.8 Å². The summed E-state index contributed by atoms with van der Waals surface area (Å²) in [6.07, 6.45) is 5.39. The number of methoxy groups -OCH3 is 1. The minimum atomic E-state index is 0.626. The second-order valence-corrected chi connectivity index (χ2v) is 4.41. The average molecular weight is 221 g/mol. The molecule has 1 aliphatic carbocycles. The lowest BCUT2D eigenvalue weighted by Crippen LogP contribution is -2.13. The molecule has 4 heteroatoms. The van der Waals surface area contributed by atoms with Crippen molar-refractivity contribution < 1.29 is 4.74 Å². The maximum Gasteiger partial charge on any atom is 0.226 e. The van der Waals surface area contributed by atoms with Gasteiger partial charge in [0.15, 0.2) is 0 Å². The minimum absolute atomic E-state index is 0.626. The molecule has 1 fully saturated rings. The zero-order valence-corrected chi connectivity index (χ0v) is 9.99. The summed E-state index contributed by atoms with van der Waals surface area (Å²) in [6, 6.07) is 1.83. The van der Waals surface area contributed by atoms with E-state index in [1.54, 1.807) is 7.11 Å². The number of ether oxygens (including phenoxy) is 1. The maximum absolute atomic E-state index is 5.12. The van der Waals surface area contributed by atoms with E-state index >= 15 is 0 Å². The number of rotatable bonds is 4. The summed E-state index contributed by atoms with van der Waals surface area (Å²) < 4.78 is 5.12. The van der Waals surface area contributed by atoms with Gasteiger partial charge in [0.25, 0.3) is 0 Å². The van der Waals surface area contributed by atoms with Gasteiger partial charge < -0.3 is 10.1 Å². The number of hydrogen-bond acceptors (Lipinski definition) is 4. The van der Waals surface area contributed by atoms with Gasteiger partial charge in [0.05, 0.1) is 7.11 Å². The molecule has 0 saturated heterocycles. The molecule has 1 saturated carbocycles. The van der Waals surface area contributed by atoms with Crippen LogP contribution in [0.25, 0.3) is 0 Å². The van der Waals surface area contributed by atoms with Gasteiger partial charge in [0, 0.05) is 18.3 Å². The van der Waals surface area contributed by atoms with Crippen LogP contribution in [0.5, 0.6) is 5.88 Å². The Kier molecular flexibility index (Phi) is 3.59. The fourth-order valence-electron chi connectivity index (χ4n) is 2.17. The van der Waals surface area contributed by atoms with Gasteiger partial charge in [-0.1, -0.05) is 12.8 Å². The Morgan fingerprint density at radius 1 is 1.38 bits per heavy atom. The molecule has 0 spiro atoms. The van der Waals surface area contributed by atoms with Crippen LogP contribution in [-0.4, -0.2) is 23.6 Å². The van der Waals surface area contributed by atoms with E-state index in [0.717, 1.165) is 18.2 Å². The first-order valence-electron chi connectivity index (χ1n) is 5.91. The van der Waals surface area contributed by atoms with Crippen molar-refractivity contribution in [2.45, 2.75) is 32.6 Å². The third-order valence-electron chi connectivity index (χ3n) is 3.06. The number of anilines is 1. The second kappa shape index (κ2) is 5.14. The van der Waals surface area contributed by atoms with Crippen molar-refractivity contribution in [3.8, 4) is 5.88 Å². The molecule has 0 aromatic carbocycles. The van der Waals surface area contributed by atoms with Crippen LogP contribution >= 0.6 is 0 Å². The van der Waals surface area contributed by atoms with E-state index in [1.165, 1.54) is 25.7 Å². The molecule has 0 bridgehead atoms. The molecule has 1 aromatic heterocycles. The van der Waals surface area contributed by atoms with Crippen molar-refractivity contribution in [1.82, 2.24) is 9.97 Å². The molecule has 0 unspecified atom stereocenters. The summed E-state index contributed by atoms with van der Waals surface area (Å²) >= 11 is 0. The molecular weight excluding hydrogens is 202 g/mol. The number of aromatic nitrogens is 2. The van der Waals surface area contributed by atoms with Crippen LogP contribution in [0, 0.1) is 12.8 Å². The highest BCUT2D eigenvalue weighted by Gasteiger charge is 2.15. The molecule has 0 amide bonds. The van der Waals surface area contributed by atoms with Crippen LogP contribution in [0.15, 0.2) is 6.07 Å². The standard InChI is InChI=1S/C12H19N3O/c1-9-7-11(16-2)15-12(14-9)13-8-10-5-3-4-6-10/h7,10H,3-6,8H2,1-2H3,(H,13,14,15). The molecule has 1 N–H and O–H groups in total. The molecule has 0 atom stereocenters. The second-order valence-electron chi connectivity index (χ2n) is 4.41. The highest BCUT2D eigenvalue weighted by atomic mass is 16.5. The van der Waals surface area contributed by atoms with Gasteiger partial charge in [-0.25, -0.2) is 4.98 Å². The molecule has 1 aliphatic rings. The third kappa shape index (κ3) is 2.84. The zero-order chi connectivity index (χ0) is 11.4. The lowest BCUT2D eigenvalue weighted by Gasteiger charge is -2.11. The SMILES string of the molecule is COc1cc(C)nc(NCC2CCCC2)n1. The molecule has 0 radical (unpaired) electrons. The Labute approximate surface area is 96.4 Å². The van der Waals surface area contributed by atoms with Crippen LogP contribution in [0.1, 0.15) is 31.4 Å². The van der Waals surface area contributed by atoms with Crippen molar-refractivity contribution in [2.75, 3.05) is 19.0 Å². The van der Waals surface area contributed by atoms with E-state index in [4.69, 9.17) is 4.74 Å². The number of hydrogen-bond donors (Lipinski definition) is 1. The van der Waals surface area contributed by atoms with Gasteiger partial charge in [0.1, 0.15) is 0 Å². The average Bonchev–Trinajstić information content (AvgIpc) is 2.78. The molecule has 88 valence electrons. The van der Waals surface area contributed by atoms with E-state index in [2.05, 4.69) is 15.3 Å². The van der Waals surface area contributed by atoms with Crippen LogP contribution in [0.3, 0.4) is 0 Å². The number of nitrogens with zero attached hydrogens (tertiary/aromatic N) is 2. The number of aryl methyl sites for hydroxylation is 1. The Hall–Kier alpha value is -1.32. The van der Waals surface area contributed by atoms with Crippen LogP contribution in [-0.2, 0) is 0 Å². The first-order valence-corrected chi connectivity index (χ1v) is 5.91. The van der Waals surface area contributed by atoms with Crippen molar-refractivity contribution in [2.24, 2.45) is 5.92 Å². The van der Waals surface area contributed by atoms with Gasteiger partial charge >= 0.3 is 0 Å². The summed E-state index contributed by atoms with van der Waals surface area (Å²) in [4.78, 5) is 8.61. The fraction of sp³-hybridized carbons (Fsp3) is 0.667. The topological polar surface area (TPSA) is 47.0 Å². The normalized spacial score (nSPS) is 16.4. The Morgan fingerprint density at radius 3 is 2.81 bits per heavy atom. The number of nitrogens with one attached hydrogen (secondary N) is 1. The van der Waals surface area contributed by atoms with Crippen LogP contribution < -0.4 is 10.1 Å². The summed E-state index contributed by atoms with van der Waals surface area (Å²) in [5.41, 5.74) is 0.931. The molecule has 4 nitrogen and oxygen atoms in total. The zero-order valence-electron chi connectivity index (χ0n) is 9.99. The first-order chi connectivity index (χ1) is 7.78. The molecule has 1 aromatic rings. The third-order valence-corrected chi connectivity index (χ3v) is 3.06. The predicted octanol–water partition coefficient (Wildman–Crippen LogP) is 2.40. The quantitative estimate of drug-likeness (QED) is 0.848. The summed E-state index contributed by atoms with van der Waals surface area (Å²) in [5, 5.41) is 3.30. The van der Waals surface area contributed by atoms with E-state index in [0.29, 0.717) is 11.8 Å². The summed E-state index contributed by atoms with van der Waals surface area (Å²) in [6.45, 7) is 2.93. The molecule has 1 heterocycles. The van der Waals surface area contributed by atoms with Gasteiger partial charge in [-0.3, -0.25) is 0 Å². The Bertz CT molecular complexity index is 348. The minimum Gasteiger partial charge on any atom is -0.481 e. The lowest BCUT2D eigenvalue weighted by molar-refractivity contribution is 0.397. The fourth-order valence-corrected chi connectivity index (χ4v) is 2.17. The van der Waals surface area contributed by atoms with Crippen molar-refractivity contribution in [3.05, 3.63) is 11.8 Å². The van der Waals surface area contributed by atoms with Gasteiger partial charge in [-0.2, -0.15) is 4.98 Å². The monoisotopic (exact) mass is 221 g/mol. The van der Waals surface area contributed by atoms with Gasteiger partial charge in [-0.05, 0) is 25.7 Å². The van der Waals surface area contributed by atoms with Crippen molar-refractivity contribution >= 4 is 5.95 Å². The molecule has 16 heavy (non-hydrogen) atoms. The van der Waals surface area contributed by atoms with E-state index in [-0.39, 0.29) is 0 Å².